The number of halogens is 1. The molecule has 2 amide bonds. The molecule has 2 N–H and O–H groups in total. The zero-order chi connectivity index (χ0) is 23.0. The number of nitrogens with one attached hydrogen (secondary N) is 2. The first-order valence-corrected chi connectivity index (χ1v) is 9.93. The molecule has 0 aliphatic heterocycles. The van der Waals surface area contributed by atoms with Crippen LogP contribution >= 0.6 is 0 Å². The maximum absolute atomic E-state index is 14.1. The minimum Gasteiger partial charge on any atom is -0.408 e. The van der Waals surface area contributed by atoms with Crippen LogP contribution in [0.2, 0.25) is 0 Å². The van der Waals surface area contributed by atoms with E-state index in [0.717, 1.165) is 10.7 Å². The van der Waals surface area contributed by atoms with Gasteiger partial charge in [-0.2, -0.15) is 5.10 Å². The summed E-state index contributed by atoms with van der Waals surface area (Å²) in [6, 6.07) is 6.34. The van der Waals surface area contributed by atoms with Crippen molar-refractivity contribution in [1.82, 2.24) is 29.8 Å². The number of benzene rings is 1. The normalized spacial score (nSPS) is 11.4. The number of nitrogens with zero attached hydrogens (tertiary/aromatic N) is 4. The second kappa shape index (κ2) is 8.25. The monoisotopic (exact) mass is 440 g/mol. The van der Waals surface area contributed by atoms with Gasteiger partial charge in [-0.3, -0.25) is 14.2 Å². The van der Waals surface area contributed by atoms with Crippen molar-refractivity contribution < 1.29 is 18.4 Å². The van der Waals surface area contributed by atoms with E-state index in [1.54, 1.807) is 25.2 Å². The van der Waals surface area contributed by atoms with Crippen molar-refractivity contribution in [2.75, 3.05) is 6.54 Å². The summed E-state index contributed by atoms with van der Waals surface area (Å²) in [6.45, 7) is 4.41. The molecule has 3 aromatic heterocycles. The molecule has 0 bridgehead atoms. The molecule has 0 fully saturated rings. The van der Waals surface area contributed by atoms with Crippen LogP contribution in [0.3, 0.4) is 0 Å². The van der Waals surface area contributed by atoms with Gasteiger partial charge in [-0.1, -0.05) is 19.9 Å². The van der Waals surface area contributed by atoms with Gasteiger partial charge in [0.1, 0.15) is 11.4 Å². The lowest BCUT2D eigenvalue weighted by atomic mass is 10.2. The topological polar surface area (TPSA) is 124 Å². The van der Waals surface area contributed by atoms with Crippen LogP contribution in [0.4, 0.5) is 4.39 Å². The van der Waals surface area contributed by atoms with Crippen molar-refractivity contribution in [2.45, 2.75) is 20.4 Å². The van der Waals surface area contributed by atoms with Crippen LogP contribution in [-0.2, 0) is 13.6 Å². The first kappa shape index (κ1) is 21.2. The van der Waals surface area contributed by atoms with E-state index in [2.05, 4.69) is 20.7 Å². The van der Waals surface area contributed by atoms with Gasteiger partial charge in [0.2, 0.25) is 0 Å². The van der Waals surface area contributed by atoms with Gasteiger partial charge in [-0.15, -0.1) is 0 Å². The molecule has 0 saturated carbocycles. The summed E-state index contributed by atoms with van der Waals surface area (Å²) in [6.07, 6.45) is 0.938. The summed E-state index contributed by atoms with van der Waals surface area (Å²) in [4.78, 5) is 41.0. The molecule has 4 aromatic rings. The van der Waals surface area contributed by atoms with Crippen LogP contribution in [0.15, 0.2) is 39.7 Å². The molecule has 0 atom stereocenters. The average Bonchev–Trinajstić information content (AvgIpc) is 3.28. The van der Waals surface area contributed by atoms with Gasteiger partial charge in [0.25, 0.3) is 11.8 Å². The summed E-state index contributed by atoms with van der Waals surface area (Å²) in [7, 11) is 1.58. The van der Waals surface area contributed by atoms with Crippen molar-refractivity contribution in [2.24, 2.45) is 13.0 Å². The SMILES string of the molecule is CC(C)CNC(=O)c1cc(C(=O)NCc2ccc3oc(=O)n(C)c3c2)nc2c(F)cnn12. The van der Waals surface area contributed by atoms with Gasteiger partial charge in [0.15, 0.2) is 17.0 Å². The molecule has 4 rings (SSSR count). The van der Waals surface area contributed by atoms with Crippen LogP contribution in [0, 0.1) is 11.7 Å². The number of fused-ring (bicyclic) bond motifs is 2. The first-order valence-electron chi connectivity index (χ1n) is 9.93. The summed E-state index contributed by atoms with van der Waals surface area (Å²) in [5, 5.41) is 9.27. The number of amides is 2. The second-order valence-electron chi connectivity index (χ2n) is 7.77. The van der Waals surface area contributed by atoms with Gasteiger partial charge in [0, 0.05) is 26.2 Å². The predicted molar refractivity (Wildman–Crippen MR) is 113 cm³/mol. The van der Waals surface area contributed by atoms with Gasteiger partial charge in [-0.25, -0.2) is 18.7 Å². The molecule has 32 heavy (non-hydrogen) atoms. The zero-order valence-corrected chi connectivity index (χ0v) is 17.7. The van der Waals surface area contributed by atoms with E-state index < -0.39 is 23.4 Å². The third-order valence-corrected chi connectivity index (χ3v) is 4.87. The van der Waals surface area contributed by atoms with Crippen LogP contribution in [-0.4, -0.2) is 37.5 Å². The van der Waals surface area contributed by atoms with Gasteiger partial charge in [-0.05, 0) is 23.6 Å². The molecule has 0 spiro atoms. The molecule has 0 saturated heterocycles. The summed E-state index contributed by atoms with van der Waals surface area (Å²) >= 11 is 0. The number of hydrogen-bond donors (Lipinski definition) is 2. The first-order chi connectivity index (χ1) is 15.2. The largest absolute Gasteiger partial charge is 0.419 e. The Balaban J connectivity index is 1.59. The number of carbonyl (C=O) groups excluding carboxylic acids is 2. The fraction of sp³-hybridized carbons (Fsp3) is 0.286. The number of aromatic nitrogens is 4. The Morgan fingerprint density at radius 2 is 1.97 bits per heavy atom. The molecular formula is C21H21FN6O4. The molecule has 11 heteroatoms. The standard InChI is InChI=1S/C21H21FN6O4/c1-11(2)8-23-20(30)16-7-14(26-18-13(22)10-25-28(16)18)19(29)24-9-12-4-5-17-15(6-12)27(3)21(31)32-17/h4-7,10-11H,8-9H2,1-3H3,(H,23,30)(H,24,29). The fourth-order valence-electron chi connectivity index (χ4n) is 3.16. The number of rotatable bonds is 6. The van der Waals surface area contributed by atoms with E-state index in [1.807, 2.05) is 13.8 Å². The third-order valence-electron chi connectivity index (χ3n) is 4.87. The minimum absolute atomic E-state index is 0.000447. The molecule has 0 aliphatic rings. The lowest BCUT2D eigenvalue weighted by molar-refractivity contribution is 0.0941. The molecule has 1 aromatic carbocycles. The van der Waals surface area contributed by atoms with E-state index >= 15 is 0 Å². The number of carbonyl (C=O) groups is 2. The van der Waals surface area contributed by atoms with Gasteiger partial charge < -0.3 is 15.1 Å². The van der Waals surface area contributed by atoms with E-state index in [4.69, 9.17) is 4.42 Å². The number of hydrogen-bond acceptors (Lipinski definition) is 6. The molecular weight excluding hydrogens is 419 g/mol. The maximum atomic E-state index is 14.1. The molecule has 3 heterocycles. The summed E-state index contributed by atoms with van der Waals surface area (Å²) in [5.41, 5.74) is 1.40. The molecule has 166 valence electrons. The highest BCUT2D eigenvalue weighted by Crippen LogP contribution is 2.15. The van der Waals surface area contributed by atoms with Crippen LogP contribution in [0.1, 0.15) is 40.4 Å². The van der Waals surface area contributed by atoms with Crippen molar-refractivity contribution in [1.29, 1.82) is 0 Å². The Labute approximate surface area is 181 Å². The van der Waals surface area contributed by atoms with E-state index in [0.29, 0.717) is 23.2 Å². The molecule has 0 radical (unpaired) electrons. The Kier molecular flexibility index (Phi) is 5.47. The molecule has 0 aliphatic carbocycles. The Morgan fingerprint density at radius 1 is 1.19 bits per heavy atom. The Bertz CT molecular complexity index is 1400. The molecule has 0 unspecified atom stereocenters. The Morgan fingerprint density at radius 3 is 2.72 bits per heavy atom. The zero-order valence-electron chi connectivity index (χ0n) is 17.7. The van der Waals surface area contributed by atoms with E-state index in [9.17, 15) is 18.8 Å². The van der Waals surface area contributed by atoms with Crippen LogP contribution in [0.25, 0.3) is 16.7 Å². The smallest absolute Gasteiger partial charge is 0.408 e. The van der Waals surface area contributed by atoms with E-state index in [-0.39, 0.29) is 29.5 Å². The van der Waals surface area contributed by atoms with E-state index in [1.165, 1.54) is 10.6 Å². The second-order valence-corrected chi connectivity index (χ2v) is 7.77. The number of aryl methyl sites for hydroxylation is 1. The van der Waals surface area contributed by atoms with Crippen molar-refractivity contribution in [3.63, 3.8) is 0 Å². The minimum atomic E-state index is -0.746. The number of oxazole rings is 1. The van der Waals surface area contributed by atoms with Gasteiger partial charge >= 0.3 is 5.76 Å². The highest BCUT2D eigenvalue weighted by Gasteiger charge is 2.20. The average molecular weight is 440 g/mol. The Hall–Kier alpha value is -4.02. The van der Waals surface area contributed by atoms with Crippen molar-refractivity contribution >= 4 is 28.6 Å². The highest BCUT2D eigenvalue weighted by molar-refractivity contribution is 5.98. The summed E-state index contributed by atoms with van der Waals surface area (Å²) < 4.78 is 21.7. The van der Waals surface area contributed by atoms with Crippen LogP contribution in [0.5, 0.6) is 0 Å². The molecule has 10 nitrogen and oxygen atoms in total. The lowest BCUT2D eigenvalue weighted by Gasteiger charge is -2.11. The van der Waals surface area contributed by atoms with Gasteiger partial charge in [0.05, 0.1) is 11.7 Å². The third kappa shape index (κ3) is 3.96. The predicted octanol–water partition coefficient (Wildman–Crippen LogP) is 1.63. The van der Waals surface area contributed by atoms with Crippen LogP contribution < -0.4 is 16.4 Å². The van der Waals surface area contributed by atoms with Crippen molar-refractivity contribution in [3.8, 4) is 0 Å². The maximum Gasteiger partial charge on any atom is 0.419 e. The quantitative estimate of drug-likeness (QED) is 0.470. The fourth-order valence-corrected chi connectivity index (χ4v) is 3.16. The summed E-state index contributed by atoms with van der Waals surface area (Å²) in [5.74, 6) is -2.10. The highest BCUT2D eigenvalue weighted by atomic mass is 19.1. The van der Waals surface area contributed by atoms with Crippen molar-refractivity contribution in [3.05, 3.63) is 63.8 Å². The lowest BCUT2D eigenvalue weighted by Crippen LogP contribution is -2.30.